The molecule has 18 heavy (non-hydrogen) atoms. The number of nitrogens with one attached hydrogen (secondary N) is 1. The van der Waals surface area contributed by atoms with Gasteiger partial charge in [0.25, 0.3) is 5.91 Å². The monoisotopic (exact) mass is 249 g/mol. The minimum absolute atomic E-state index is 0.0743. The highest BCUT2D eigenvalue weighted by Gasteiger charge is 2.48. The number of nitrogens with zero attached hydrogens (tertiary/aromatic N) is 1. The van der Waals surface area contributed by atoms with Crippen LogP contribution in [0.3, 0.4) is 0 Å². The second-order valence-corrected chi connectivity index (χ2v) is 5.27. The van der Waals surface area contributed by atoms with Gasteiger partial charge in [-0.3, -0.25) is 9.78 Å². The van der Waals surface area contributed by atoms with Crippen molar-refractivity contribution in [2.75, 3.05) is 12.4 Å². The first-order valence-electron chi connectivity index (χ1n) is 6.00. The van der Waals surface area contributed by atoms with Gasteiger partial charge >= 0.3 is 0 Å². The minimum atomic E-state index is -0.513. The fourth-order valence-electron chi connectivity index (χ4n) is 2.39. The van der Waals surface area contributed by atoms with E-state index in [1.54, 1.807) is 19.4 Å². The summed E-state index contributed by atoms with van der Waals surface area (Å²) < 4.78 is 5.40. The van der Waals surface area contributed by atoms with Crippen LogP contribution in [0.5, 0.6) is 0 Å². The number of primary amides is 1. The van der Waals surface area contributed by atoms with E-state index >= 15 is 0 Å². The molecular weight excluding hydrogens is 230 g/mol. The fraction of sp³-hybridized carbons (Fsp3) is 0.538. The highest BCUT2D eigenvalue weighted by molar-refractivity contribution is 5.91. The lowest BCUT2D eigenvalue weighted by atomic mass is 9.64. The van der Waals surface area contributed by atoms with Crippen LogP contribution in [0.2, 0.25) is 0 Å². The number of pyridine rings is 1. The maximum atomic E-state index is 11.1. The number of carbonyl (C=O) groups is 1. The summed E-state index contributed by atoms with van der Waals surface area (Å²) in [7, 11) is 1.74. The van der Waals surface area contributed by atoms with Gasteiger partial charge in [-0.2, -0.15) is 0 Å². The van der Waals surface area contributed by atoms with Crippen LogP contribution < -0.4 is 11.1 Å². The van der Waals surface area contributed by atoms with Crippen LogP contribution in [0, 0.1) is 5.41 Å². The molecule has 1 aromatic heterocycles. The van der Waals surface area contributed by atoms with Gasteiger partial charge in [-0.25, -0.2) is 0 Å². The normalized spacial score (nSPS) is 25.3. The summed E-state index contributed by atoms with van der Waals surface area (Å²) in [5.41, 5.74) is 6.43. The molecule has 0 bridgehead atoms. The van der Waals surface area contributed by atoms with E-state index in [2.05, 4.69) is 24.1 Å². The number of hydrogen-bond donors (Lipinski definition) is 2. The van der Waals surface area contributed by atoms with Crippen LogP contribution >= 0.6 is 0 Å². The van der Waals surface area contributed by atoms with Crippen molar-refractivity contribution >= 4 is 11.6 Å². The summed E-state index contributed by atoms with van der Waals surface area (Å²) in [6.07, 6.45) is 2.81. The molecule has 0 spiro atoms. The minimum Gasteiger partial charge on any atom is -0.381 e. The molecule has 2 atom stereocenters. The quantitative estimate of drug-likeness (QED) is 0.845. The molecule has 1 amide bonds. The van der Waals surface area contributed by atoms with Gasteiger partial charge in [-0.1, -0.05) is 13.8 Å². The standard InChI is InChI=1S/C13H19N3O2/c1-13(2)10(7-11(13)18-3)16-8-4-5-15-9(6-8)12(14)17/h4-6,10-11H,7H2,1-3H3,(H2,14,17)(H,15,16). The first-order chi connectivity index (χ1) is 8.45. The molecule has 0 aliphatic heterocycles. The molecule has 1 aromatic rings. The van der Waals surface area contributed by atoms with E-state index in [1.165, 1.54) is 0 Å². The van der Waals surface area contributed by atoms with Gasteiger partial charge in [0.15, 0.2) is 0 Å². The Morgan fingerprint density at radius 1 is 1.61 bits per heavy atom. The topological polar surface area (TPSA) is 77.2 Å². The molecule has 0 radical (unpaired) electrons. The molecule has 2 rings (SSSR count). The van der Waals surface area contributed by atoms with Gasteiger partial charge in [0.1, 0.15) is 5.69 Å². The number of rotatable bonds is 4. The Morgan fingerprint density at radius 2 is 2.33 bits per heavy atom. The average Bonchev–Trinajstić information content (AvgIpc) is 2.34. The molecule has 98 valence electrons. The largest absolute Gasteiger partial charge is 0.381 e. The van der Waals surface area contributed by atoms with Gasteiger partial charge in [0.2, 0.25) is 0 Å². The van der Waals surface area contributed by atoms with E-state index < -0.39 is 5.91 Å². The molecular formula is C13H19N3O2. The zero-order valence-corrected chi connectivity index (χ0v) is 10.9. The zero-order valence-electron chi connectivity index (χ0n) is 10.9. The number of carbonyl (C=O) groups excluding carboxylic acids is 1. The van der Waals surface area contributed by atoms with Crippen molar-refractivity contribution in [3.8, 4) is 0 Å². The van der Waals surface area contributed by atoms with Crippen molar-refractivity contribution in [1.82, 2.24) is 4.98 Å². The summed E-state index contributed by atoms with van der Waals surface area (Å²) in [6, 6.07) is 3.84. The van der Waals surface area contributed by atoms with E-state index in [0.29, 0.717) is 6.04 Å². The molecule has 5 nitrogen and oxygen atoms in total. The van der Waals surface area contributed by atoms with E-state index in [9.17, 15) is 4.79 Å². The summed E-state index contributed by atoms with van der Waals surface area (Å²) in [5, 5.41) is 3.40. The van der Waals surface area contributed by atoms with E-state index in [0.717, 1.165) is 12.1 Å². The number of aromatic nitrogens is 1. The molecule has 5 heteroatoms. The molecule has 1 heterocycles. The highest BCUT2D eigenvalue weighted by Crippen LogP contribution is 2.43. The Hall–Kier alpha value is -1.62. The van der Waals surface area contributed by atoms with Gasteiger partial charge in [-0.05, 0) is 18.6 Å². The summed E-state index contributed by atoms with van der Waals surface area (Å²) in [4.78, 5) is 15.0. The second-order valence-electron chi connectivity index (χ2n) is 5.27. The van der Waals surface area contributed by atoms with Crippen LogP contribution in [0.1, 0.15) is 30.8 Å². The van der Waals surface area contributed by atoms with Crippen molar-refractivity contribution in [2.45, 2.75) is 32.4 Å². The number of methoxy groups -OCH3 is 1. The third-order valence-electron chi connectivity index (χ3n) is 3.82. The number of hydrogen-bond acceptors (Lipinski definition) is 4. The predicted molar refractivity (Wildman–Crippen MR) is 69.4 cm³/mol. The third-order valence-corrected chi connectivity index (χ3v) is 3.82. The lowest BCUT2D eigenvalue weighted by Crippen LogP contribution is -2.57. The van der Waals surface area contributed by atoms with Gasteiger partial charge in [0.05, 0.1) is 6.10 Å². The predicted octanol–water partition coefficient (Wildman–Crippen LogP) is 1.41. The molecule has 1 saturated carbocycles. The van der Waals surface area contributed by atoms with Gasteiger partial charge in [-0.15, -0.1) is 0 Å². The number of anilines is 1. The average molecular weight is 249 g/mol. The Bertz CT molecular complexity index is 459. The van der Waals surface area contributed by atoms with Crippen molar-refractivity contribution in [3.63, 3.8) is 0 Å². The van der Waals surface area contributed by atoms with E-state index in [4.69, 9.17) is 10.5 Å². The van der Waals surface area contributed by atoms with Crippen molar-refractivity contribution in [2.24, 2.45) is 11.1 Å². The van der Waals surface area contributed by atoms with Crippen LogP contribution in [0.15, 0.2) is 18.3 Å². The first kappa shape index (κ1) is 12.8. The summed E-state index contributed by atoms with van der Waals surface area (Å²) >= 11 is 0. The maximum absolute atomic E-state index is 11.1. The number of amides is 1. The Morgan fingerprint density at radius 3 is 2.89 bits per heavy atom. The molecule has 3 N–H and O–H groups in total. The molecule has 1 fully saturated rings. The van der Waals surface area contributed by atoms with Crippen LogP contribution in [-0.4, -0.2) is 30.1 Å². The van der Waals surface area contributed by atoms with Crippen LogP contribution in [0.4, 0.5) is 5.69 Å². The third kappa shape index (κ3) is 2.18. The van der Waals surface area contributed by atoms with Crippen molar-refractivity contribution in [3.05, 3.63) is 24.0 Å². The van der Waals surface area contributed by atoms with Crippen LogP contribution in [-0.2, 0) is 4.74 Å². The molecule has 0 aromatic carbocycles. The Kier molecular flexibility index (Phi) is 3.26. The van der Waals surface area contributed by atoms with Crippen LogP contribution in [0.25, 0.3) is 0 Å². The summed E-state index contributed by atoms with van der Waals surface area (Å²) in [5.74, 6) is -0.513. The highest BCUT2D eigenvalue weighted by atomic mass is 16.5. The van der Waals surface area contributed by atoms with E-state index in [-0.39, 0.29) is 17.2 Å². The second kappa shape index (κ2) is 4.57. The number of ether oxygens (including phenoxy) is 1. The smallest absolute Gasteiger partial charge is 0.267 e. The van der Waals surface area contributed by atoms with Crippen molar-refractivity contribution in [1.29, 1.82) is 0 Å². The Labute approximate surface area is 107 Å². The zero-order chi connectivity index (χ0) is 13.3. The van der Waals surface area contributed by atoms with Gasteiger partial charge < -0.3 is 15.8 Å². The lowest BCUT2D eigenvalue weighted by Gasteiger charge is -2.51. The molecule has 1 aliphatic rings. The fourth-order valence-corrected chi connectivity index (χ4v) is 2.39. The van der Waals surface area contributed by atoms with Gasteiger partial charge in [0, 0.05) is 30.5 Å². The maximum Gasteiger partial charge on any atom is 0.267 e. The molecule has 2 unspecified atom stereocenters. The SMILES string of the molecule is COC1CC(Nc2ccnc(C(N)=O)c2)C1(C)C. The first-order valence-corrected chi connectivity index (χ1v) is 6.00. The lowest BCUT2D eigenvalue weighted by molar-refractivity contribution is -0.0794. The molecule has 0 saturated heterocycles. The van der Waals surface area contributed by atoms with Crippen molar-refractivity contribution < 1.29 is 9.53 Å². The van der Waals surface area contributed by atoms with E-state index in [1.807, 2.05) is 6.07 Å². The Balaban J connectivity index is 2.07. The molecule has 1 aliphatic carbocycles. The number of nitrogens with two attached hydrogens (primary N) is 1. The summed E-state index contributed by atoms with van der Waals surface area (Å²) in [6.45, 7) is 4.33.